The van der Waals surface area contributed by atoms with Gasteiger partial charge in [0.2, 0.25) is 0 Å². The molecule has 2 aromatic heterocycles. The van der Waals surface area contributed by atoms with Gasteiger partial charge in [0, 0.05) is 12.3 Å². The predicted molar refractivity (Wildman–Crippen MR) is 47.0 cm³/mol. The molecule has 14 heavy (non-hydrogen) atoms. The third-order valence-corrected chi connectivity index (χ3v) is 2.28. The van der Waals surface area contributed by atoms with Crippen molar-refractivity contribution in [3.05, 3.63) is 33.9 Å². The van der Waals surface area contributed by atoms with E-state index in [1.807, 2.05) is 0 Å². The summed E-state index contributed by atoms with van der Waals surface area (Å²) >= 11 is 0. The lowest BCUT2D eigenvalue weighted by molar-refractivity contribution is 0.0961. The van der Waals surface area contributed by atoms with Crippen LogP contribution >= 0.6 is 0 Å². The zero-order valence-electron chi connectivity index (χ0n) is 7.07. The van der Waals surface area contributed by atoms with Crippen molar-refractivity contribution in [2.24, 2.45) is 0 Å². The second kappa shape index (κ2) is 2.22. The largest absolute Gasteiger partial charge is 0.346 e. The average molecular weight is 190 g/mol. The Kier molecular flexibility index (Phi) is 1.16. The summed E-state index contributed by atoms with van der Waals surface area (Å²) in [5.74, 6) is -0.277. The Morgan fingerprint density at radius 2 is 2.29 bits per heavy atom. The van der Waals surface area contributed by atoms with Crippen molar-refractivity contribution < 1.29 is 4.79 Å². The molecule has 2 N–H and O–H groups in total. The van der Waals surface area contributed by atoms with Crippen LogP contribution in [0.4, 0.5) is 0 Å². The van der Waals surface area contributed by atoms with Crippen LogP contribution in [0.3, 0.4) is 0 Å². The third kappa shape index (κ3) is 0.723. The molecule has 0 fully saturated rings. The van der Waals surface area contributed by atoms with E-state index < -0.39 is 0 Å². The molecule has 0 spiro atoms. The summed E-state index contributed by atoms with van der Waals surface area (Å²) in [6.45, 7) is 0.266. The van der Waals surface area contributed by atoms with Gasteiger partial charge in [0.1, 0.15) is 5.69 Å². The van der Waals surface area contributed by atoms with E-state index in [-0.39, 0.29) is 23.7 Å². The number of hydrogen-bond acceptors (Lipinski definition) is 3. The molecule has 0 saturated carbocycles. The Labute approximate surface area is 77.6 Å². The quantitative estimate of drug-likeness (QED) is 0.574. The first-order chi connectivity index (χ1) is 6.77. The molecular weight excluding hydrogens is 184 g/mol. The molecule has 1 amide bonds. The van der Waals surface area contributed by atoms with Crippen molar-refractivity contribution >= 4 is 11.6 Å². The SMILES string of the molecule is O=C1NCc2c1nc1cc[nH]n1c2=O. The maximum absolute atomic E-state index is 11.7. The van der Waals surface area contributed by atoms with E-state index in [9.17, 15) is 9.59 Å². The molecule has 6 nitrogen and oxygen atoms in total. The van der Waals surface area contributed by atoms with Gasteiger partial charge in [-0.15, -0.1) is 0 Å². The number of hydrogen-bond donors (Lipinski definition) is 2. The van der Waals surface area contributed by atoms with Gasteiger partial charge < -0.3 is 5.32 Å². The number of amides is 1. The molecular formula is C8H6N4O2. The minimum absolute atomic E-state index is 0.214. The molecule has 0 radical (unpaired) electrons. The number of aromatic nitrogens is 3. The Hall–Kier alpha value is -2.11. The first-order valence-corrected chi connectivity index (χ1v) is 4.14. The Morgan fingerprint density at radius 1 is 1.43 bits per heavy atom. The highest BCUT2D eigenvalue weighted by Gasteiger charge is 2.24. The predicted octanol–water partition coefficient (Wildman–Crippen LogP) is -0.734. The second-order valence-electron chi connectivity index (χ2n) is 3.08. The summed E-state index contributed by atoms with van der Waals surface area (Å²) in [6.07, 6.45) is 1.61. The van der Waals surface area contributed by atoms with Crippen molar-refractivity contribution in [1.82, 2.24) is 19.9 Å². The van der Waals surface area contributed by atoms with Crippen LogP contribution in [0.2, 0.25) is 0 Å². The zero-order chi connectivity index (χ0) is 9.71. The molecule has 3 heterocycles. The summed E-state index contributed by atoms with van der Waals surface area (Å²) < 4.78 is 1.32. The monoisotopic (exact) mass is 190 g/mol. The van der Waals surface area contributed by atoms with Crippen LogP contribution in [0.25, 0.3) is 5.65 Å². The molecule has 3 rings (SSSR count). The maximum Gasteiger partial charge on any atom is 0.278 e. The molecule has 6 heteroatoms. The average Bonchev–Trinajstić information content (AvgIpc) is 2.75. The summed E-state index contributed by atoms with van der Waals surface area (Å²) in [5, 5.41) is 5.30. The smallest absolute Gasteiger partial charge is 0.278 e. The lowest BCUT2D eigenvalue weighted by Gasteiger charge is -1.95. The molecule has 70 valence electrons. The fraction of sp³-hybridized carbons (Fsp3) is 0.125. The van der Waals surface area contributed by atoms with E-state index in [1.54, 1.807) is 12.3 Å². The van der Waals surface area contributed by atoms with Gasteiger partial charge in [-0.25, -0.2) is 9.50 Å². The number of aromatic amines is 1. The summed E-state index contributed by atoms with van der Waals surface area (Å²) in [4.78, 5) is 27.1. The summed E-state index contributed by atoms with van der Waals surface area (Å²) in [6, 6.07) is 1.65. The van der Waals surface area contributed by atoms with Gasteiger partial charge in [-0.05, 0) is 0 Å². The number of carbonyl (C=O) groups is 1. The van der Waals surface area contributed by atoms with Crippen LogP contribution in [0.15, 0.2) is 17.1 Å². The molecule has 2 aromatic rings. The standard InChI is InChI=1S/C8H6N4O2/c13-7-6-4(3-9-7)8(14)12-5(11-6)1-2-10-12/h1-2,10H,3H2,(H,9,13). The number of nitrogens with zero attached hydrogens (tertiary/aromatic N) is 2. The Bertz CT molecular complexity index is 595. The van der Waals surface area contributed by atoms with Gasteiger partial charge in [0.05, 0.1) is 12.1 Å². The van der Waals surface area contributed by atoms with E-state index >= 15 is 0 Å². The molecule has 0 aliphatic carbocycles. The van der Waals surface area contributed by atoms with E-state index in [0.29, 0.717) is 11.2 Å². The van der Waals surface area contributed by atoms with Crippen LogP contribution < -0.4 is 10.9 Å². The molecule has 0 unspecified atom stereocenters. The minimum atomic E-state index is -0.277. The van der Waals surface area contributed by atoms with Crippen molar-refractivity contribution in [3.63, 3.8) is 0 Å². The van der Waals surface area contributed by atoms with E-state index in [0.717, 1.165) is 0 Å². The second-order valence-corrected chi connectivity index (χ2v) is 3.08. The fourth-order valence-electron chi connectivity index (χ4n) is 1.59. The van der Waals surface area contributed by atoms with Crippen LogP contribution in [0.5, 0.6) is 0 Å². The lowest BCUT2D eigenvalue weighted by atomic mass is 10.3. The van der Waals surface area contributed by atoms with Crippen LogP contribution in [-0.4, -0.2) is 20.5 Å². The first-order valence-electron chi connectivity index (χ1n) is 4.14. The number of fused-ring (bicyclic) bond motifs is 2. The van der Waals surface area contributed by atoms with Crippen LogP contribution in [-0.2, 0) is 6.54 Å². The highest BCUT2D eigenvalue weighted by Crippen LogP contribution is 2.09. The zero-order valence-corrected chi connectivity index (χ0v) is 7.07. The number of carbonyl (C=O) groups excluding carboxylic acids is 1. The van der Waals surface area contributed by atoms with Gasteiger partial charge >= 0.3 is 0 Å². The van der Waals surface area contributed by atoms with Gasteiger partial charge in [-0.2, -0.15) is 0 Å². The van der Waals surface area contributed by atoms with Crippen molar-refractivity contribution in [1.29, 1.82) is 0 Å². The molecule has 1 aliphatic heterocycles. The molecule has 0 aromatic carbocycles. The normalized spacial score (nSPS) is 14.4. The minimum Gasteiger partial charge on any atom is -0.346 e. The van der Waals surface area contributed by atoms with Gasteiger partial charge in [-0.1, -0.05) is 0 Å². The van der Waals surface area contributed by atoms with Crippen LogP contribution in [0, 0.1) is 0 Å². The van der Waals surface area contributed by atoms with Gasteiger partial charge in [0.25, 0.3) is 11.5 Å². The lowest BCUT2D eigenvalue weighted by Crippen LogP contribution is -2.20. The molecule has 0 saturated heterocycles. The Morgan fingerprint density at radius 3 is 3.14 bits per heavy atom. The van der Waals surface area contributed by atoms with Crippen molar-refractivity contribution in [2.45, 2.75) is 6.54 Å². The first kappa shape index (κ1) is 7.31. The highest BCUT2D eigenvalue weighted by atomic mass is 16.2. The summed E-state index contributed by atoms with van der Waals surface area (Å²) in [5.41, 5.74) is 0.920. The fourth-order valence-corrected chi connectivity index (χ4v) is 1.59. The maximum atomic E-state index is 11.7. The van der Waals surface area contributed by atoms with Crippen molar-refractivity contribution in [3.8, 4) is 0 Å². The molecule has 0 atom stereocenters. The topological polar surface area (TPSA) is 79.3 Å². The van der Waals surface area contributed by atoms with Crippen molar-refractivity contribution in [2.75, 3.05) is 0 Å². The summed E-state index contributed by atoms with van der Waals surface area (Å²) in [7, 11) is 0. The highest BCUT2D eigenvalue weighted by molar-refractivity contribution is 5.96. The number of rotatable bonds is 0. The van der Waals surface area contributed by atoms with E-state index in [2.05, 4.69) is 15.4 Å². The third-order valence-electron chi connectivity index (χ3n) is 2.28. The van der Waals surface area contributed by atoms with E-state index in [1.165, 1.54) is 4.52 Å². The molecule has 0 bridgehead atoms. The van der Waals surface area contributed by atoms with E-state index in [4.69, 9.17) is 0 Å². The van der Waals surface area contributed by atoms with Gasteiger partial charge in [0.15, 0.2) is 5.65 Å². The number of H-pyrrole nitrogens is 1. The molecule has 1 aliphatic rings. The Balaban J connectivity index is 2.53. The van der Waals surface area contributed by atoms with Crippen LogP contribution in [0.1, 0.15) is 16.1 Å². The number of nitrogens with one attached hydrogen (secondary N) is 2. The van der Waals surface area contributed by atoms with Gasteiger partial charge in [-0.3, -0.25) is 14.7 Å².